The zero-order chi connectivity index (χ0) is 27.6. The summed E-state index contributed by atoms with van der Waals surface area (Å²) in [4.78, 5) is 6.01. The topological polar surface area (TPSA) is 65.5 Å². The van der Waals surface area contributed by atoms with Crippen molar-refractivity contribution in [2.75, 3.05) is 25.7 Å². The van der Waals surface area contributed by atoms with Gasteiger partial charge in [0.05, 0.1) is 12.7 Å². The minimum absolute atomic E-state index is 0.00824. The number of rotatable bonds is 7. The molecule has 198 valence electrons. The highest BCUT2D eigenvalue weighted by molar-refractivity contribution is 7.89. The average molecular weight is 537 g/mol. The smallest absolute Gasteiger partial charge is 0.248 e. The van der Waals surface area contributed by atoms with E-state index in [1.165, 1.54) is 22.5 Å². The summed E-state index contributed by atoms with van der Waals surface area (Å²) in [6.45, 7) is 19.8. The molecule has 1 N–H and O–H groups in total. The van der Waals surface area contributed by atoms with E-state index in [0.29, 0.717) is 23.3 Å². The summed E-state index contributed by atoms with van der Waals surface area (Å²) in [5, 5.41) is 3.20. The molecule has 3 rings (SSSR count). The molecule has 6 nitrogen and oxygen atoms in total. The van der Waals surface area contributed by atoms with Gasteiger partial charge in [-0.2, -0.15) is 4.31 Å². The Morgan fingerprint density at radius 1 is 1.22 bits per heavy atom. The van der Waals surface area contributed by atoms with Crippen LogP contribution < -0.4 is 10.2 Å². The summed E-state index contributed by atoms with van der Waals surface area (Å²) < 4.78 is 44.6. The second-order valence-corrected chi connectivity index (χ2v) is 11.6. The van der Waals surface area contributed by atoms with Crippen LogP contribution in [0.25, 0.3) is 0 Å². The zero-order valence-electron chi connectivity index (χ0n) is 22.5. The van der Waals surface area contributed by atoms with E-state index >= 15 is 4.39 Å². The highest BCUT2D eigenvalue weighted by Crippen LogP contribution is 2.43. The van der Waals surface area contributed by atoms with Gasteiger partial charge >= 0.3 is 0 Å². The van der Waals surface area contributed by atoms with Gasteiger partial charge in [0.15, 0.2) is 5.82 Å². The fourth-order valence-electron chi connectivity index (χ4n) is 4.83. The molecule has 1 aliphatic heterocycles. The Morgan fingerprint density at radius 3 is 2.42 bits per heavy atom. The summed E-state index contributed by atoms with van der Waals surface area (Å²) >= 11 is 6.04. The number of sulfonamides is 1. The maximum Gasteiger partial charge on any atom is 0.248 e. The number of fused-ring (bicyclic) bond motifs is 1. The lowest BCUT2D eigenvalue weighted by molar-refractivity contribution is 0.244. The Balaban J connectivity index is 0.00000222. The Bertz CT molecular complexity index is 1260. The minimum Gasteiger partial charge on any atom is -0.392 e. The third-order valence-electron chi connectivity index (χ3n) is 6.59. The number of allylic oxidation sites excluding steroid dienone is 1. The van der Waals surface area contributed by atoms with Crippen LogP contribution in [0, 0.1) is 19.7 Å². The predicted molar refractivity (Wildman–Crippen MR) is 148 cm³/mol. The van der Waals surface area contributed by atoms with Gasteiger partial charge in [-0.1, -0.05) is 64.1 Å². The summed E-state index contributed by atoms with van der Waals surface area (Å²) in [6, 6.07) is 5.30. The van der Waals surface area contributed by atoms with Crippen molar-refractivity contribution in [2.45, 2.75) is 64.3 Å². The van der Waals surface area contributed by atoms with Crippen molar-refractivity contribution in [3.05, 3.63) is 76.4 Å². The van der Waals surface area contributed by atoms with Crippen LogP contribution in [0.2, 0.25) is 5.15 Å². The quantitative estimate of drug-likeness (QED) is 0.350. The van der Waals surface area contributed by atoms with Gasteiger partial charge in [-0.25, -0.2) is 17.8 Å². The van der Waals surface area contributed by atoms with Crippen LogP contribution in [0.5, 0.6) is 0 Å². The number of anilines is 1. The molecule has 0 bridgehead atoms. The fourth-order valence-corrected chi connectivity index (χ4v) is 6.91. The van der Waals surface area contributed by atoms with Crippen LogP contribution in [-0.4, -0.2) is 44.5 Å². The molecule has 0 amide bonds. The first-order valence-corrected chi connectivity index (χ1v) is 13.7. The molecular weight excluding hydrogens is 499 g/mol. The molecule has 36 heavy (non-hydrogen) atoms. The second-order valence-electron chi connectivity index (χ2n) is 9.36. The Hall–Kier alpha value is -2.42. The van der Waals surface area contributed by atoms with Crippen molar-refractivity contribution in [1.29, 1.82) is 0 Å². The summed E-state index contributed by atoms with van der Waals surface area (Å²) in [5.74, 6) is -0.0987. The number of nitrogens with one attached hydrogen (secondary N) is 1. The van der Waals surface area contributed by atoms with E-state index in [2.05, 4.69) is 23.5 Å². The number of halogens is 2. The highest BCUT2D eigenvalue weighted by Gasteiger charge is 2.48. The van der Waals surface area contributed by atoms with E-state index in [1.54, 1.807) is 25.1 Å². The Labute approximate surface area is 220 Å². The molecular formula is C27H38ClFN4O2S. The largest absolute Gasteiger partial charge is 0.392 e. The molecule has 2 heterocycles. The van der Waals surface area contributed by atoms with Crippen molar-refractivity contribution in [2.24, 2.45) is 0 Å². The molecule has 0 aliphatic carbocycles. The average Bonchev–Trinajstić information content (AvgIpc) is 2.81. The summed E-state index contributed by atoms with van der Waals surface area (Å²) in [6.07, 6.45) is 0.332. The molecule has 1 atom stereocenters. The lowest BCUT2D eigenvalue weighted by atomic mass is 9.71. The third kappa shape index (κ3) is 5.45. The van der Waals surface area contributed by atoms with E-state index < -0.39 is 21.5 Å². The van der Waals surface area contributed by atoms with E-state index in [1.807, 2.05) is 41.5 Å². The lowest BCUT2D eigenvalue weighted by Crippen LogP contribution is -2.57. The normalized spacial score (nSPS) is 15.9. The van der Waals surface area contributed by atoms with Gasteiger partial charge in [-0.05, 0) is 48.7 Å². The van der Waals surface area contributed by atoms with E-state index in [0.717, 1.165) is 11.1 Å². The maximum absolute atomic E-state index is 15.3. The first-order valence-electron chi connectivity index (χ1n) is 11.9. The fraction of sp³-hybridized carbons (Fsp3) is 0.444. The highest BCUT2D eigenvalue weighted by atomic mass is 35.5. The van der Waals surface area contributed by atoms with Gasteiger partial charge in [0.25, 0.3) is 0 Å². The molecule has 0 fully saturated rings. The van der Waals surface area contributed by atoms with Crippen molar-refractivity contribution in [3.8, 4) is 0 Å². The van der Waals surface area contributed by atoms with Gasteiger partial charge < -0.3 is 10.2 Å². The van der Waals surface area contributed by atoms with E-state index in [4.69, 9.17) is 11.6 Å². The van der Waals surface area contributed by atoms with Gasteiger partial charge in [0.2, 0.25) is 10.0 Å². The molecule has 9 heteroatoms. The van der Waals surface area contributed by atoms with Crippen LogP contribution >= 0.6 is 11.6 Å². The molecule has 0 spiro atoms. The number of aryl methyl sites for hydroxylation is 1. The van der Waals surface area contributed by atoms with Crippen LogP contribution in [0.4, 0.5) is 10.2 Å². The molecule has 1 aromatic carbocycles. The van der Waals surface area contributed by atoms with E-state index in [9.17, 15) is 8.42 Å². The van der Waals surface area contributed by atoms with Gasteiger partial charge in [-0.15, -0.1) is 0 Å². The van der Waals surface area contributed by atoms with Gasteiger partial charge in [0.1, 0.15) is 15.9 Å². The molecule has 1 aliphatic rings. The van der Waals surface area contributed by atoms with Crippen molar-refractivity contribution >= 4 is 27.4 Å². The second kappa shape index (κ2) is 11.3. The Morgan fingerprint density at radius 2 is 1.83 bits per heavy atom. The molecule has 1 unspecified atom stereocenters. The number of benzene rings is 1. The maximum atomic E-state index is 15.3. The lowest BCUT2D eigenvalue weighted by Gasteiger charge is -2.47. The summed E-state index contributed by atoms with van der Waals surface area (Å²) in [7, 11) is -0.510. The van der Waals surface area contributed by atoms with Gasteiger partial charge in [-0.3, -0.25) is 0 Å². The molecule has 0 saturated heterocycles. The predicted octanol–water partition coefficient (Wildman–Crippen LogP) is 5.94. The number of hydrogen-bond donors (Lipinski definition) is 1. The van der Waals surface area contributed by atoms with E-state index in [-0.39, 0.29) is 28.4 Å². The SMILES string of the molecule is C=C(CC(=C)C(N1CN(C)c2nc(Cl)ccc2S1(=O)=O)C(C)(C)c1c(F)ccc(C)c1C)NC.CC. The van der Waals surface area contributed by atoms with Crippen molar-refractivity contribution in [1.82, 2.24) is 14.6 Å². The zero-order valence-corrected chi connectivity index (χ0v) is 24.1. The monoisotopic (exact) mass is 536 g/mol. The van der Waals surface area contributed by atoms with Gasteiger partial charge in [0, 0.05) is 31.6 Å². The number of hydrogen-bond acceptors (Lipinski definition) is 5. The summed E-state index contributed by atoms with van der Waals surface area (Å²) in [5.41, 5.74) is 2.50. The Kier molecular flexibility index (Phi) is 9.37. The molecule has 2 aromatic rings. The molecule has 1 aromatic heterocycles. The molecule has 0 saturated carbocycles. The standard InChI is InChI=1S/C25H32ClFN4O2S.C2H6/c1-15-9-10-19(27)22(18(15)4)25(5,6)23(16(2)13-17(3)28-7)31-14-30(8)24-20(34(31,32)33)11-12-21(26)29-24;1-2/h9-12,23,28H,2-3,13-14H2,1,4-8H3;1-2H3. The van der Waals surface area contributed by atoms with Crippen LogP contribution in [-0.2, 0) is 15.4 Å². The van der Waals surface area contributed by atoms with Crippen LogP contribution in [0.1, 0.15) is 50.8 Å². The van der Waals surface area contributed by atoms with Crippen molar-refractivity contribution in [3.63, 3.8) is 0 Å². The van der Waals surface area contributed by atoms with Crippen molar-refractivity contribution < 1.29 is 12.8 Å². The first-order chi connectivity index (χ1) is 16.7. The minimum atomic E-state index is -4.01. The third-order valence-corrected chi connectivity index (χ3v) is 8.62. The van der Waals surface area contributed by atoms with Crippen LogP contribution in [0.3, 0.4) is 0 Å². The number of nitrogens with zero attached hydrogens (tertiary/aromatic N) is 3. The number of pyridine rings is 1. The number of aromatic nitrogens is 1. The van der Waals surface area contributed by atoms with Crippen LogP contribution in [0.15, 0.2) is 53.6 Å². The first kappa shape index (κ1) is 29.8. The molecule has 0 radical (unpaired) electrons.